The van der Waals surface area contributed by atoms with Crippen molar-refractivity contribution in [2.24, 2.45) is 11.3 Å². The van der Waals surface area contributed by atoms with Gasteiger partial charge in [-0.05, 0) is 45.6 Å². The Labute approximate surface area is 138 Å². The van der Waals surface area contributed by atoms with Crippen LogP contribution < -0.4 is 0 Å². The van der Waals surface area contributed by atoms with Gasteiger partial charge in [-0.2, -0.15) is 0 Å². The van der Waals surface area contributed by atoms with Crippen molar-refractivity contribution in [2.75, 3.05) is 13.2 Å². The quantitative estimate of drug-likeness (QED) is 0.282. The molecule has 1 aliphatic heterocycles. The van der Waals surface area contributed by atoms with Crippen LogP contribution in [0.3, 0.4) is 0 Å². The highest BCUT2D eigenvalue weighted by Gasteiger charge is 2.68. The number of aldehydes is 1. The first-order chi connectivity index (χ1) is 10.8. The maximum Gasteiger partial charge on any atom is 0.173 e. The van der Waals surface area contributed by atoms with Gasteiger partial charge in [0.15, 0.2) is 17.7 Å². The molecule has 1 saturated carbocycles. The van der Waals surface area contributed by atoms with Gasteiger partial charge in [0.25, 0.3) is 0 Å². The van der Waals surface area contributed by atoms with Crippen molar-refractivity contribution in [3.05, 3.63) is 12.2 Å². The van der Waals surface area contributed by atoms with Crippen molar-refractivity contribution in [2.45, 2.75) is 65.0 Å². The van der Waals surface area contributed by atoms with E-state index < -0.39 is 11.0 Å². The molecule has 0 radical (unpaired) electrons. The summed E-state index contributed by atoms with van der Waals surface area (Å²) in [5, 5.41) is 0. The molecule has 2 aliphatic rings. The number of hydrogen-bond donors (Lipinski definition) is 0. The summed E-state index contributed by atoms with van der Waals surface area (Å²) in [4.78, 5) is 24.2. The number of ether oxygens (including phenoxy) is 3. The van der Waals surface area contributed by atoms with Crippen LogP contribution in [-0.4, -0.2) is 43.3 Å². The molecule has 1 saturated heterocycles. The first-order valence-electron chi connectivity index (χ1n) is 8.43. The Morgan fingerprint density at radius 1 is 1.39 bits per heavy atom. The van der Waals surface area contributed by atoms with Crippen LogP contribution >= 0.6 is 0 Å². The summed E-state index contributed by atoms with van der Waals surface area (Å²) in [6, 6.07) is 0. The number of fused-ring (bicyclic) bond motifs is 1. The van der Waals surface area contributed by atoms with Gasteiger partial charge in [-0.3, -0.25) is 9.59 Å². The van der Waals surface area contributed by atoms with Crippen LogP contribution in [0.1, 0.15) is 47.0 Å². The molecule has 130 valence electrons. The molecule has 0 bridgehead atoms. The van der Waals surface area contributed by atoms with Gasteiger partial charge in [0, 0.05) is 24.5 Å². The minimum absolute atomic E-state index is 0.0704. The predicted molar refractivity (Wildman–Crippen MR) is 86.0 cm³/mol. The average molecular weight is 324 g/mol. The van der Waals surface area contributed by atoms with E-state index in [1.807, 2.05) is 27.7 Å². The highest BCUT2D eigenvalue weighted by Crippen LogP contribution is 2.57. The van der Waals surface area contributed by atoms with E-state index in [1.54, 1.807) is 0 Å². The molecule has 0 amide bonds. The van der Waals surface area contributed by atoms with Crippen LogP contribution in [0.4, 0.5) is 0 Å². The van der Waals surface area contributed by atoms with Crippen molar-refractivity contribution < 1.29 is 23.8 Å². The summed E-state index contributed by atoms with van der Waals surface area (Å²) < 4.78 is 16.8. The Hall–Kier alpha value is -1.04. The van der Waals surface area contributed by atoms with Crippen LogP contribution in [0.2, 0.25) is 0 Å². The second-order valence-electron chi connectivity index (χ2n) is 6.82. The monoisotopic (exact) mass is 324 g/mol. The molecular formula is C18H28O5. The molecule has 23 heavy (non-hydrogen) atoms. The standard InChI is InChI=1S/C18H28O5/c1-6-21-15(22-7-2)8-9-17(4)13(12(3)11-19)10-14-18(5,23-14)16(17)20/h11,13-15H,3,6-10H2,1-2,4-5H3/t13-,14+,17-,18+/m1/s1. The molecule has 2 fully saturated rings. The van der Waals surface area contributed by atoms with Gasteiger partial charge in [-0.15, -0.1) is 0 Å². The molecule has 1 aliphatic carbocycles. The third-order valence-corrected chi connectivity index (χ3v) is 5.34. The van der Waals surface area contributed by atoms with E-state index in [0.29, 0.717) is 38.0 Å². The molecule has 5 heteroatoms. The normalized spacial score (nSPS) is 36.0. The molecular weight excluding hydrogens is 296 g/mol. The van der Waals surface area contributed by atoms with E-state index in [0.717, 1.165) is 6.29 Å². The maximum absolute atomic E-state index is 13.0. The van der Waals surface area contributed by atoms with Gasteiger partial charge in [-0.25, -0.2) is 0 Å². The lowest BCUT2D eigenvalue weighted by atomic mass is 9.59. The number of rotatable bonds is 9. The zero-order chi connectivity index (χ0) is 17.3. The lowest BCUT2D eigenvalue weighted by Crippen LogP contribution is -2.49. The number of allylic oxidation sites excluding steroid dienone is 1. The number of hydrogen-bond acceptors (Lipinski definition) is 5. The Bertz CT molecular complexity index is 482. The summed E-state index contributed by atoms with van der Waals surface area (Å²) in [6.07, 6.45) is 2.21. The molecule has 2 rings (SSSR count). The van der Waals surface area contributed by atoms with Crippen LogP contribution in [-0.2, 0) is 23.8 Å². The molecule has 4 atom stereocenters. The number of ketones is 1. The molecule has 0 spiro atoms. The molecule has 5 nitrogen and oxygen atoms in total. The third kappa shape index (κ3) is 3.28. The van der Waals surface area contributed by atoms with Crippen LogP contribution in [0, 0.1) is 11.3 Å². The first-order valence-corrected chi connectivity index (χ1v) is 8.43. The molecule has 0 unspecified atom stereocenters. The average Bonchev–Trinajstić information content (AvgIpc) is 3.20. The minimum atomic E-state index is -0.693. The van der Waals surface area contributed by atoms with Gasteiger partial charge in [-0.1, -0.05) is 13.5 Å². The van der Waals surface area contributed by atoms with E-state index in [-0.39, 0.29) is 24.1 Å². The predicted octanol–water partition coefficient (Wildman–Crippen LogP) is 2.67. The Morgan fingerprint density at radius 2 is 2.00 bits per heavy atom. The van der Waals surface area contributed by atoms with Gasteiger partial charge in [0.1, 0.15) is 6.29 Å². The molecule has 0 N–H and O–H groups in total. The number of carbonyl (C=O) groups excluding carboxylic acids is 2. The van der Waals surface area contributed by atoms with Crippen molar-refractivity contribution in [3.8, 4) is 0 Å². The van der Waals surface area contributed by atoms with Crippen LogP contribution in [0.15, 0.2) is 12.2 Å². The smallest absolute Gasteiger partial charge is 0.173 e. The summed E-state index contributed by atoms with van der Waals surface area (Å²) in [6.45, 7) is 12.6. The lowest BCUT2D eigenvalue weighted by Gasteiger charge is -2.41. The van der Waals surface area contributed by atoms with E-state index in [9.17, 15) is 9.59 Å². The zero-order valence-corrected chi connectivity index (χ0v) is 14.6. The van der Waals surface area contributed by atoms with Crippen molar-refractivity contribution >= 4 is 12.1 Å². The summed E-state index contributed by atoms with van der Waals surface area (Å²) >= 11 is 0. The number of Topliss-reactive ketones (excluding diaryl/α,β-unsaturated/α-hetero) is 1. The second kappa shape index (κ2) is 6.83. The fourth-order valence-electron chi connectivity index (χ4n) is 3.87. The van der Waals surface area contributed by atoms with Crippen LogP contribution in [0.25, 0.3) is 0 Å². The minimum Gasteiger partial charge on any atom is -0.358 e. The zero-order valence-electron chi connectivity index (χ0n) is 14.6. The van der Waals surface area contributed by atoms with Crippen molar-refractivity contribution in [3.63, 3.8) is 0 Å². The van der Waals surface area contributed by atoms with Gasteiger partial charge < -0.3 is 14.2 Å². The fraction of sp³-hybridized carbons (Fsp3) is 0.778. The molecule has 1 heterocycles. The van der Waals surface area contributed by atoms with Gasteiger partial charge >= 0.3 is 0 Å². The van der Waals surface area contributed by atoms with Gasteiger partial charge in [0.2, 0.25) is 0 Å². The SMILES string of the molecule is C=C(C=O)[C@H]1C[C@@H]2O[C@]2(C)C(=O)[C@]1(C)CCC(OCC)OCC. The number of epoxide rings is 1. The van der Waals surface area contributed by atoms with Gasteiger partial charge in [0.05, 0.1) is 6.10 Å². The second-order valence-corrected chi connectivity index (χ2v) is 6.82. The molecule has 0 aromatic heterocycles. The molecule has 0 aromatic carbocycles. The molecule has 0 aromatic rings. The third-order valence-electron chi connectivity index (χ3n) is 5.34. The summed E-state index contributed by atoms with van der Waals surface area (Å²) in [5.74, 6) is -0.113. The summed E-state index contributed by atoms with van der Waals surface area (Å²) in [5.41, 5.74) is -0.893. The van der Waals surface area contributed by atoms with E-state index in [4.69, 9.17) is 14.2 Å². The highest BCUT2D eigenvalue weighted by molar-refractivity contribution is 5.97. The fourth-order valence-corrected chi connectivity index (χ4v) is 3.87. The van der Waals surface area contributed by atoms with E-state index in [1.165, 1.54) is 0 Å². The Morgan fingerprint density at radius 3 is 2.52 bits per heavy atom. The maximum atomic E-state index is 13.0. The Balaban J connectivity index is 2.16. The number of carbonyl (C=O) groups is 2. The van der Waals surface area contributed by atoms with Crippen molar-refractivity contribution in [1.82, 2.24) is 0 Å². The first kappa shape index (κ1) is 18.3. The van der Waals surface area contributed by atoms with E-state index in [2.05, 4.69) is 6.58 Å². The summed E-state index contributed by atoms with van der Waals surface area (Å²) in [7, 11) is 0. The van der Waals surface area contributed by atoms with Crippen molar-refractivity contribution in [1.29, 1.82) is 0 Å². The van der Waals surface area contributed by atoms with Crippen LogP contribution in [0.5, 0.6) is 0 Å². The topological polar surface area (TPSA) is 65.1 Å². The van der Waals surface area contributed by atoms with E-state index >= 15 is 0 Å². The lowest BCUT2D eigenvalue weighted by molar-refractivity contribution is -0.151. The largest absolute Gasteiger partial charge is 0.358 e. The highest BCUT2D eigenvalue weighted by atomic mass is 16.7. The Kier molecular flexibility index (Phi) is 5.44.